The highest BCUT2D eigenvalue weighted by molar-refractivity contribution is 7.00. The SMILES string of the molecule is Cc1cc2c3c(c1)N(c1ccc4c(c1)C(C)(C)CCC4(C)C)c1cc4c(cc1B3c1ccc(-c3cc5ccccc5o3)cc1N2c1cccc(-c2cc3ccccc3o2)c1)C(C)(C)CCC4(C)C. The van der Waals surface area contributed by atoms with E-state index in [1.54, 1.807) is 0 Å². The molecule has 0 fully saturated rings. The Morgan fingerprint density at radius 3 is 1.53 bits per heavy atom. The number of benzene rings is 7. The van der Waals surface area contributed by atoms with Gasteiger partial charge in [-0.2, -0.15) is 0 Å². The normalized spacial score (nSPS) is 17.9. The van der Waals surface area contributed by atoms with Gasteiger partial charge in [-0.25, -0.2) is 0 Å². The lowest BCUT2D eigenvalue weighted by atomic mass is 9.33. The van der Waals surface area contributed by atoms with Crippen LogP contribution in [0.3, 0.4) is 0 Å². The summed E-state index contributed by atoms with van der Waals surface area (Å²) in [6.07, 6.45) is 4.67. The number of furan rings is 2. The topological polar surface area (TPSA) is 32.8 Å². The molecular formula is C63H59BN2O2. The molecule has 9 aromatic rings. The number of para-hydroxylation sites is 2. The number of rotatable bonds is 4. The average molecular weight is 887 g/mol. The molecule has 5 heteroatoms. The van der Waals surface area contributed by atoms with E-state index in [1.807, 2.05) is 12.1 Å². The molecule has 4 heterocycles. The van der Waals surface area contributed by atoms with Crippen molar-refractivity contribution >= 4 is 79.2 Å². The van der Waals surface area contributed by atoms with E-state index >= 15 is 0 Å². The summed E-state index contributed by atoms with van der Waals surface area (Å²) in [5, 5.41) is 2.20. The number of aryl methyl sites for hydroxylation is 1. The molecule has 0 unspecified atom stereocenters. The van der Waals surface area contributed by atoms with Gasteiger partial charge in [0.1, 0.15) is 22.7 Å². The summed E-state index contributed by atoms with van der Waals surface area (Å²) in [6.45, 7) is 21.9. The van der Waals surface area contributed by atoms with Crippen molar-refractivity contribution in [2.45, 2.75) is 110 Å². The molecule has 0 spiro atoms. The molecule has 13 rings (SSSR count). The Bertz CT molecular complexity index is 3510. The molecule has 0 N–H and O–H groups in total. The first kappa shape index (κ1) is 41.5. The monoisotopic (exact) mass is 886 g/mol. The second kappa shape index (κ2) is 14.2. The lowest BCUT2D eigenvalue weighted by molar-refractivity contribution is 0.332. The number of anilines is 6. The molecule has 0 atom stereocenters. The van der Waals surface area contributed by atoms with E-state index in [0.29, 0.717) is 0 Å². The number of hydrogen-bond acceptors (Lipinski definition) is 4. The molecule has 4 aliphatic rings. The van der Waals surface area contributed by atoms with Gasteiger partial charge in [-0.15, -0.1) is 0 Å². The maximum atomic E-state index is 6.62. The summed E-state index contributed by atoms with van der Waals surface area (Å²) >= 11 is 0. The van der Waals surface area contributed by atoms with E-state index in [-0.39, 0.29) is 28.4 Å². The minimum atomic E-state index is -0.0134. The largest absolute Gasteiger partial charge is 0.456 e. The lowest BCUT2D eigenvalue weighted by Crippen LogP contribution is -2.62. The van der Waals surface area contributed by atoms with E-state index in [2.05, 4.69) is 206 Å². The third-order valence-electron chi connectivity index (χ3n) is 16.8. The van der Waals surface area contributed by atoms with Crippen molar-refractivity contribution in [3.63, 3.8) is 0 Å². The van der Waals surface area contributed by atoms with Gasteiger partial charge in [0.25, 0.3) is 6.71 Å². The molecule has 2 aliphatic carbocycles. The molecule has 7 aromatic carbocycles. The summed E-state index contributed by atoms with van der Waals surface area (Å²) in [7, 11) is 0. The zero-order valence-corrected chi connectivity index (χ0v) is 41.0. The van der Waals surface area contributed by atoms with Gasteiger partial charge in [0.15, 0.2) is 0 Å². The van der Waals surface area contributed by atoms with Crippen molar-refractivity contribution in [1.82, 2.24) is 0 Å². The first-order chi connectivity index (χ1) is 32.5. The van der Waals surface area contributed by atoms with Crippen LogP contribution in [0.15, 0.2) is 154 Å². The molecule has 0 saturated carbocycles. The standard InChI is InChI=1S/C63H59BN2O2/c1-38-29-53-59-54(30-38)66(44-22-23-45-46(35-44)61(4,5)26-25-60(45,2)3)52-37-48-47(62(6,7)27-28-63(48,8)9)36-50(52)64(59)49-24-21-42(58-34-41-16-11-13-20-56(41)68-58)32-51(49)65(53)43-18-14-17-39(31-43)57-33-40-15-10-12-19-55(40)67-57/h10-24,29-37H,25-28H2,1-9H3. The Labute approximate surface area is 401 Å². The van der Waals surface area contributed by atoms with E-state index in [1.165, 1.54) is 79.8 Å². The quantitative estimate of drug-likeness (QED) is 0.165. The van der Waals surface area contributed by atoms with Gasteiger partial charge in [0, 0.05) is 56.0 Å². The summed E-state index contributed by atoms with van der Waals surface area (Å²) in [4.78, 5) is 5.19. The zero-order valence-electron chi connectivity index (χ0n) is 41.0. The van der Waals surface area contributed by atoms with Crippen LogP contribution in [0.5, 0.6) is 0 Å². The third-order valence-corrected chi connectivity index (χ3v) is 16.8. The highest BCUT2D eigenvalue weighted by Gasteiger charge is 2.47. The van der Waals surface area contributed by atoms with Crippen LogP contribution in [-0.4, -0.2) is 6.71 Å². The highest BCUT2D eigenvalue weighted by Crippen LogP contribution is 2.53. The molecule has 68 heavy (non-hydrogen) atoms. The van der Waals surface area contributed by atoms with Gasteiger partial charge in [-0.3, -0.25) is 0 Å². The minimum absolute atomic E-state index is 0.0134. The van der Waals surface area contributed by atoms with Gasteiger partial charge >= 0.3 is 0 Å². The fraction of sp³-hybridized carbons (Fsp3) is 0.270. The van der Waals surface area contributed by atoms with Gasteiger partial charge < -0.3 is 18.6 Å². The fourth-order valence-electron chi connectivity index (χ4n) is 12.7. The van der Waals surface area contributed by atoms with Crippen molar-refractivity contribution in [3.05, 3.63) is 173 Å². The highest BCUT2D eigenvalue weighted by atomic mass is 16.3. The van der Waals surface area contributed by atoms with Gasteiger partial charge in [-0.1, -0.05) is 128 Å². The minimum Gasteiger partial charge on any atom is -0.456 e. The van der Waals surface area contributed by atoms with Gasteiger partial charge in [0.05, 0.1) is 0 Å². The zero-order chi connectivity index (χ0) is 46.6. The Hall–Kier alpha value is -6.72. The van der Waals surface area contributed by atoms with Crippen molar-refractivity contribution < 1.29 is 8.83 Å². The summed E-state index contributed by atoms with van der Waals surface area (Å²) in [5.41, 5.74) is 22.5. The molecule has 0 saturated heterocycles. The molecule has 4 nitrogen and oxygen atoms in total. The summed E-state index contributed by atoms with van der Waals surface area (Å²) in [6, 6.07) is 54.6. The molecule has 0 amide bonds. The van der Waals surface area contributed by atoms with Crippen LogP contribution in [-0.2, 0) is 21.7 Å². The van der Waals surface area contributed by atoms with Crippen LogP contribution in [0.1, 0.15) is 109 Å². The van der Waals surface area contributed by atoms with E-state index in [0.717, 1.165) is 68.8 Å². The first-order valence-electron chi connectivity index (χ1n) is 24.9. The lowest BCUT2D eigenvalue weighted by Gasteiger charge is -2.48. The van der Waals surface area contributed by atoms with Crippen molar-refractivity contribution in [2.75, 3.05) is 9.80 Å². The molecule has 2 aromatic heterocycles. The van der Waals surface area contributed by atoms with E-state index in [9.17, 15) is 0 Å². The molecule has 336 valence electrons. The van der Waals surface area contributed by atoms with E-state index < -0.39 is 0 Å². The number of nitrogens with zero attached hydrogens (tertiary/aromatic N) is 2. The molecule has 0 radical (unpaired) electrons. The maximum Gasteiger partial charge on any atom is 0.252 e. The van der Waals surface area contributed by atoms with Crippen LogP contribution in [0.2, 0.25) is 0 Å². The maximum absolute atomic E-state index is 6.62. The van der Waals surface area contributed by atoms with Gasteiger partial charge in [0.2, 0.25) is 0 Å². The first-order valence-corrected chi connectivity index (χ1v) is 24.9. The van der Waals surface area contributed by atoms with Crippen LogP contribution in [0.25, 0.3) is 44.6 Å². The molecular weight excluding hydrogens is 828 g/mol. The Morgan fingerprint density at radius 1 is 0.412 bits per heavy atom. The fourth-order valence-corrected chi connectivity index (χ4v) is 12.7. The average Bonchev–Trinajstić information content (AvgIpc) is 3.97. The predicted octanol–water partition coefficient (Wildman–Crippen LogP) is 15.6. The van der Waals surface area contributed by atoms with Crippen LogP contribution < -0.4 is 26.2 Å². The smallest absolute Gasteiger partial charge is 0.252 e. The van der Waals surface area contributed by atoms with Crippen molar-refractivity contribution in [1.29, 1.82) is 0 Å². The Kier molecular flexibility index (Phi) is 8.64. The Balaban J connectivity index is 1.10. The van der Waals surface area contributed by atoms with E-state index in [4.69, 9.17) is 8.83 Å². The van der Waals surface area contributed by atoms with Gasteiger partial charge in [-0.05, 0) is 171 Å². The van der Waals surface area contributed by atoms with Crippen LogP contribution >= 0.6 is 0 Å². The van der Waals surface area contributed by atoms with Crippen LogP contribution in [0, 0.1) is 6.92 Å². The van der Waals surface area contributed by atoms with Crippen LogP contribution in [0.4, 0.5) is 34.1 Å². The number of fused-ring (bicyclic) bond motifs is 8. The van der Waals surface area contributed by atoms with Crippen molar-refractivity contribution in [3.8, 4) is 22.6 Å². The molecule has 2 aliphatic heterocycles. The summed E-state index contributed by atoms with van der Waals surface area (Å²) in [5.74, 6) is 1.73. The third kappa shape index (κ3) is 6.13. The molecule has 0 bridgehead atoms. The van der Waals surface area contributed by atoms with Crippen molar-refractivity contribution in [2.24, 2.45) is 0 Å². The predicted molar refractivity (Wildman–Crippen MR) is 286 cm³/mol. The second-order valence-corrected chi connectivity index (χ2v) is 23.2. The number of hydrogen-bond donors (Lipinski definition) is 0. The Morgan fingerprint density at radius 2 is 0.926 bits per heavy atom. The second-order valence-electron chi connectivity index (χ2n) is 23.2. The summed E-state index contributed by atoms with van der Waals surface area (Å²) < 4.78 is 13.1.